The Balaban J connectivity index is 2.43. The first-order valence-corrected chi connectivity index (χ1v) is 5.94. The predicted octanol–water partition coefficient (Wildman–Crippen LogP) is 1.58. The smallest absolute Gasteiger partial charge is 0.224 e. The van der Waals surface area contributed by atoms with E-state index in [2.05, 4.69) is 16.0 Å². The van der Waals surface area contributed by atoms with E-state index in [4.69, 9.17) is 0 Å². The van der Waals surface area contributed by atoms with Gasteiger partial charge in [0.15, 0.2) is 0 Å². The molecule has 0 unspecified atom stereocenters. The summed E-state index contributed by atoms with van der Waals surface area (Å²) >= 11 is 0. The molecule has 5 heteroatoms. The standard InChI is InChI=1S/C13H19N3O2/c1-10(17)15-11-5-7-12(8-6-11)16-13(18)4-3-9-14-2/h5-8,14H,3-4,9H2,1-2H3,(H,15,17)(H,16,18). The normalized spacial score (nSPS) is 9.89. The highest BCUT2D eigenvalue weighted by molar-refractivity contribution is 5.92. The van der Waals surface area contributed by atoms with Gasteiger partial charge >= 0.3 is 0 Å². The summed E-state index contributed by atoms with van der Waals surface area (Å²) in [6.45, 7) is 2.28. The van der Waals surface area contributed by atoms with E-state index in [0.717, 1.165) is 24.3 Å². The number of hydrogen-bond acceptors (Lipinski definition) is 3. The lowest BCUT2D eigenvalue weighted by Gasteiger charge is -2.06. The summed E-state index contributed by atoms with van der Waals surface area (Å²) in [5, 5.41) is 8.46. The number of carbonyl (C=O) groups excluding carboxylic acids is 2. The highest BCUT2D eigenvalue weighted by Gasteiger charge is 2.02. The van der Waals surface area contributed by atoms with Gasteiger partial charge < -0.3 is 16.0 Å². The van der Waals surface area contributed by atoms with Gasteiger partial charge in [0.25, 0.3) is 0 Å². The van der Waals surface area contributed by atoms with Crippen LogP contribution in [0.25, 0.3) is 0 Å². The van der Waals surface area contributed by atoms with Crippen molar-refractivity contribution in [3.8, 4) is 0 Å². The molecule has 0 atom stereocenters. The van der Waals surface area contributed by atoms with Crippen molar-refractivity contribution in [1.82, 2.24) is 5.32 Å². The molecule has 2 amide bonds. The molecule has 0 saturated heterocycles. The first kappa shape index (κ1) is 14.2. The van der Waals surface area contributed by atoms with Gasteiger partial charge in [0.1, 0.15) is 0 Å². The van der Waals surface area contributed by atoms with E-state index in [9.17, 15) is 9.59 Å². The van der Waals surface area contributed by atoms with Crippen molar-refractivity contribution in [2.75, 3.05) is 24.2 Å². The lowest BCUT2D eigenvalue weighted by molar-refractivity contribution is -0.116. The van der Waals surface area contributed by atoms with Gasteiger partial charge in [-0.3, -0.25) is 9.59 Å². The SMILES string of the molecule is CNCCCC(=O)Nc1ccc(NC(C)=O)cc1. The number of hydrogen-bond donors (Lipinski definition) is 3. The molecule has 0 heterocycles. The third-order valence-corrected chi connectivity index (χ3v) is 2.32. The number of rotatable bonds is 6. The zero-order valence-corrected chi connectivity index (χ0v) is 10.7. The Morgan fingerprint density at radius 3 is 2.11 bits per heavy atom. The summed E-state index contributed by atoms with van der Waals surface area (Å²) in [5.41, 5.74) is 1.45. The maximum Gasteiger partial charge on any atom is 0.224 e. The summed E-state index contributed by atoms with van der Waals surface area (Å²) in [5.74, 6) is -0.114. The van der Waals surface area contributed by atoms with E-state index in [1.807, 2.05) is 7.05 Å². The summed E-state index contributed by atoms with van der Waals surface area (Å²) < 4.78 is 0. The van der Waals surface area contributed by atoms with Crippen molar-refractivity contribution in [2.24, 2.45) is 0 Å². The molecule has 0 bridgehead atoms. The summed E-state index contributed by atoms with van der Waals surface area (Å²) in [4.78, 5) is 22.4. The van der Waals surface area contributed by atoms with Gasteiger partial charge in [0.2, 0.25) is 11.8 Å². The largest absolute Gasteiger partial charge is 0.326 e. The van der Waals surface area contributed by atoms with Crippen molar-refractivity contribution in [2.45, 2.75) is 19.8 Å². The second-order valence-electron chi connectivity index (χ2n) is 4.01. The molecule has 1 rings (SSSR count). The van der Waals surface area contributed by atoms with Crippen LogP contribution in [0.15, 0.2) is 24.3 Å². The number of benzene rings is 1. The van der Waals surface area contributed by atoms with Gasteiger partial charge in [0.05, 0.1) is 0 Å². The van der Waals surface area contributed by atoms with Gasteiger partial charge in [-0.05, 0) is 44.3 Å². The topological polar surface area (TPSA) is 70.2 Å². The Morgan fingerprint density at radius 2 is 1.61 bits per heavy atom. The molecule has 3 N–H and O–H groups in total. The van der Waals surface area contributed by atoms with E-state index >= 15 is 0 Å². The molecular formula is C13H19N3O2. The number of carbonyl (C=O) groups is 2. The lowest BCUT2D eigenvalue weighted by Crippen LogP contribution is -2.15. The number of amides is 2. The Morgan fingerprint density at radius 1 is 1.06 bits per heavy atom. The molecule has 98 valence electrons. The quantitative estimate of drug-likeness (QED) is 0.670. The van der Waals surface area contributed by atoms with Gasteiger partial charge in [-0.15, -0.1) is 0 Å². The maximum absolute atomic E-state index is 11.5. The van der Waals surface area contributed by atoms with Gasteiger partial charge in [0, 0.05) is 24.7 Å². The highest BCUT2D eigenvalue weighted by atomic mass is 16.2. The van der Waals surface area contributed by atoms with Crippen molar-refractivity contribution < 1.29 is 9.59 Å². The fourth-order valence-electron chi connectivity index (χ4n) is 1.49. The maximum atomic E-state index is 11.5. The Hall–Kier alpha value is -1.88. The van der Waals surface area contributed by atoms with Crippen LogP contribution in [-0.4, -0.2) is 25.4 Å². The first-order chi connectivity index (χ1) is 8.61. The van der Waals surface area contributed by atoms with Crippen molar-refractivity contribution >= 4 is 23.2 Å². The van der Waals surface area contributed by atoms with Crippen LogP contribution in [0.2, 0.25) is 0 Å². The zero-order valence-electron chi connectivity index (χ0n) is 10.7. The molecule has 1 aromatic carbocycles. The Labute approximate surface area is 107 Å². The molecule has 1 aromatic rings. The molecule has 5 nitrogen and oxygen atoms in total. The molecule has 0 aliphatic heterocycles. The zero-order chi connectivity index (χ0) is 13.4. The molecule has 0 fully saturated rings. The number of anilines is 2. The molecule has 0 aliphatic carbocycles. The van der Waals surface area contributed by atoms with Gasteiger partial charge in [-0.25, -0.2) is 0 Å². The van der Waals surface area contributed by atoms with E-state index in [0.29, 0.717) is 6.42 Å². The van der Waals surface area contributed by atoms with Crippen LogP contribution >= 0.6 is 0 Å². The molecule has 18 heavy (non-hydrogen) atoms. The van der Waals surface area contributed by atoms with Gasteiger partial charge in [-0.1, -0.05) is 0 Å². The summed E-state index contributed by atoms with van der Waals surface area (Å²) in [6.07, 6.45) is 1.31. The predicted molar refractivity (Wildman–Crippen MR) is 72.5 cm³/mol. The van der Waals surface area contributed by atoms with Gasteiger partial charge in [-0.2, -0.15) is 0 Å². The minimum atomic E-state index is -0.112. The molecule has 0 spiro atoms. The van der Waals surface area contributed by atoms with E-state index in [1.54, 1.807) is 24.3 Å². The minimum absolute atomic E-state index is 0.00229. The average Bonchev–Trinajstić information content (AvgIpc) is 2.31. The molecule has 0 aromatic heterocycles. The average molecular weight is 249 g/mol. The van der Waals surface area contributed by atoms with Crippen molar-refractivity contribution in [3.63, 3.8) is 0 Å². The third kappa shape index (κ3) is 5.45. The lowest BCUT2D eigenvalue weighted by atomic mass is 10.2. The fourth-order valence-corrected chi connectivity index (χ4v) is 1.49. The van der Waals surface area contributed by atoms with Crippen LogP contribution in [0.5, 0.6) is 0 Å². The van der Waals surface area contributed by atoms with E-state index in [-0.39, 0.29) is 11.8 Å². The minimum Gasteiger partial charge on any atom is -0.326 e. The second kappa shape index (κ2) is 7.45. The third-order valence-electron chi connectivity index (χ3n) is 2.32. The summed E-state index contributed by atoms with van der Waals surface area (Å²) in [7, 11) is 1.86. The van der Waals surface area contributed by atoms with Crippen LogP contribution in [0.4, 0.5) is 11.4 Å². The molecule has 0 radical (unpaired) electrons. The first-order valence-electron chi connectivity index (χ1n) is 5.94. The summed E-state index contributed by atoms with van der Waals surface area (Å²) in [6, 6.07) is 7.04. The fraction of sp³-hybridized carbons (Fsp3) is 0.385. The van der Waals surface area contributed by atoms with Crippen LogP contribution in [0.1, 0.15) is 19.8 Å². The van der Waals surface area contributed by atoms with Crippen molar-refractivity contribution in [3.05, 3.63) is 24.3 Å². The Bertz CT molecular complexity index is 401. The van der Waals surface area contributed by atoms with Crippen molar-refractivity contribution in [1.29, 1.82) is 0 Å². The highest BCUT2D eigenvalue weighted by Crippen LogP contribution is 2.13. The van der Waals surface area contributed by atoms with E-state index < -0.39 is 0 Å². The number of nitrogens with one attached hydrogen (secondary N) is 3. The van der Waals surface area contributed by atoms with Crippen LogP contribution in [0.3, 0.4) is 0 Å². The Kier molecular flexibility index (Phi) is 5.87. The van der Waals surface area contributed by atoms with Crippen LogP contribution < -0.4 is 16.0 Å². The second-order valence-corrected chi connectivity index (χ2v) is 4.01. The monoisotopic (exact) mass is 249 g/mol. The van der Waals surface area contributed by atoms with Crippen LogP contribution in [0, 0.1) is 0 Å². The molecule has 0 saturated carbocycles. The van der Waals surface area contributed by atoms with E-state index in [1.165, 1.54) is 6.92 Å². The van der Waals surface area contributed by atoms with Crippen LogP contribution in [-0.2, 0) is 9.59 Å². The molecule has 0 aliphatic rings. The molecular weight excluding hydrogens is 230 g/mol.